The Hall–Kier alpha value is -3.63. The van der Waals surface area contributed by atoms with Gasteiger partial charge in [-0.3, -0.25) is 4.79 Å². The maximum Gasteiger partial charge on any atom is 0.347 e. The van der Waals surface area contributed by atoms with Gasteiger partial charge in [-0.15, -0.1) is 6.58 Å². The highest BCUT2D eigenvalue weighted by atomic mass is 16.7. The lowest BCUT2D eigenvalue weighted by Gasteiger charge is -2.45. The van der Waals surface area contributed by atoms with Crippen molar-refractivity contribution in [1.29, 1.82) is 0 Å². The van der Waals surface area contributed by atoms with Gasteiger partial charge in [0.1, 0.15) is 79.7 Å². The average molecular weight is 965 g/mol. The van der Waals surface area contributed by atoms with E-state index in [2.05, 4.69) is 16.9 Å². The first-order chi connectivity index (χ1) is 31.1. The van der Waals surface area contributed by atoms with Crippen LogP contribution in [0.2, 0.25) is 0 Å². The molecule has 0 amide bonds. The van der Waals surface area contributed by atoms with Crippen LogP contribution in [0.3, 0.4) is 0 Å². The van der Waals surface area contributed by atoms with Crippen LogP contribution in [0.5, 0.6) is 0 Å². The van der Waals surface area contributed by atoms with Gasteiger partial charge in [-0.25, -0.2) is 9.59 Å². The fourth-order valence-corrected chi connectivity index (χ4v) is 6.73. The number of hydrogen-bond acceptors (Lipinski definition) is 28. The minimum atomic E-state index is -2.11. The lowest BCUT2D eigenvalue weighted by atomic mass is 9.80. The van der Waals surface area contributed by atoms with Gasteiger partial charge in [0.15, 0.2) is 0 Å². The number of carbonyl (C=O) groups excluding carboxylic acids is 3. The third kappa shape index (κ3) is 16.3. The first-order valence-electron chi connectivity index (χ1n) is 20.5. The summed E-state index contributed by atoms with van der Waals surface area (Å²) < 4.78 is 26.1. The number of aliphatic hydroxyl groups excluding tert-OH is 16. The summed E-state index contributed by atoms with van der Waals surface area (Å²) in [7, 11) is 0. The van der Waals surface area contributed by atoms with Gasteiger partial charge >= 0.3 is 17.9 Å². The number of carbonyl (C=O) groups is 3. The summed E-state index contributed by atoms with van der Waals surface area (Å²) in [6, 6.07) is 0. The van der Waals surface area contributed by atoms with Gasteiger partial charge in [-0.2, -0.15) is 0 Å². The van der Waals surface area contributed by atoms with Crippen molar-refractivity contribution in [3.05, 3.63) is 12.7 Å². The third-order valence-corrected chi connectivity index (χ3v) is 10.7. The highest BCUT2D eigenvalue weighted by molar-refractivity contribution is 5.79. The largest absolute Gasteiger partial charge is 0.465 e. The molecule has 0 spiro atoms. The summed E-state index contributed by atoms with van der Waals surface area (Å²) in [6.07, 6.45) is -26.4. The van der Waals surface area contributed by atoms with Gasteiger partial charge in [-0.05, 0) is 19.8 Å². The summed E-state index contributed by atoms with van der Waals surface area (Å²) in [5, 5.41) is 169. The van der Waals surface area contributed by atoms with Crippen molar-refractivity contribution in [1.82, 2.24) is 0 Å². The molecule has 28 nitrogen and oxygen atoms in total. The fraction of sp³-hybridized carbons (Fsp3) is 0.816. The van der Waals surface area contributed by atoms with Crippen LogP contribution in [0.4, 0.5) is 0 Å². The van der Waals surface area contributed by atoms with Crippen molar-refractivity contribution in [3.63, 3.8) is 0 Å². The molecule has 2 rings (SSSR count). The predicted molar refractivity (Wildman–Crippen MR) is 214 cm³/mol. The molecule has 0 aromatic carbocycles. The van der Waals surface area contributed by atoms with E-state index in [1.165, 1.54) is 6.92 Å². The summed E-state index contributed by atoms with van der Waals surface area (Å²) in [4.78, 5) is 47.7. The molecule has 28 heteroatoms. The van der Waals surface area contributed by atoms with E-state index < -0.39 is 186 Å². The van der Waals surface area contributed by atoms with E-state index in [4.69, 9.17) is 33.4 Å². The topological polar surface area (TPSA) is 464 Å². The molecule has 2 heterocycles. The van der Waals surface area contributed by atoms with E-state index in [0.29, 0.717) is 25.3 Å². The van der Waals surface area contributed by atoms with Crippen LogP contribution < -0.4 is 0 Å². The van der Waals surface area contributed by atoms with Crippen LogP contribution in [-0.4, -0.2) is 269 Å². The normalized spacial score (nSPS) is 30.5. The highest BCUT2D eigenvalue weighted by Crippen LogP contribution is 2.32. The molecule has 0 aromatic heterocycles. The zero-order valence-corrected chi connectivity index (χ0v) is 35.7. The fourth-order valence-electron chi connectivity index (χ4n) is 6.73. The van der Waals surface area contributed by atoms with Crippen LogP contribution in [0, 0.1) is 17.3 Å². The van der Waals surface area contributed by atoms with Gasteiger partial charge < -0.3 is 115 Å². The molecule has 2 aliphatic rings. The summed E-state index contributed by atoms with van der Waals surface area (Å²) in [6.45, 7) is -2.66. The van der Waals surface area contributed by atoms with E-state index in [9.17, 15) is 96.1 Å². The maximum atomic E-state index is 13.1. The molecule has 66 heavy (non-hydrogen) atoms. The number of aliphatic hydroxyl groups is 16. The zero-order chi connectivity index (χ0) is 49.9. The Kier molecular flexibility index (Phi) is 25.4. The predicted octanol–water partition coefficient (Wildman–Crippen LogP) is -9.34. The average Bonchev–Trinajstić information content (AvgIpc) is 3.31. The second-order valence-corrected chi connectivity index (χ2v) is 15.7. The Morgan fingerprint density at radius 1 is 0.636 bits per heavy atom. The number of ether oxygens (including phenoxy) is 5. The van der Waals surface area contributed by atoms with Crippen LogP contribution in [-0.2, 0) is 47.7 Å². The molecule has 0 radical (unpaired) electrons. The van der Waals surface area contributed by atoms with Gasteiger partial charge in [0.2, 0.25) is 13.2 Å². The Morgan fingerprint density at radius 3 is 1.38 bits per heavy atom. The van der Waals surface area contributed by atoms with E-state index in [-0.39, 0.29) is 6.61 Å². The van der Waals surface area contributed by atoms with Crippen LogP contribution in [0.1, 0.15) is 19.8 Å². The van der Waals surface area contributed by atoms with E-state index >= 15 is 0 Å². The Morgan fingerprint density at radius 2 is 1.03 bits per heavy atom. The molecule has 2 aliphatic heterocycles. The second kappa shape index (κ2) is 28.6. The van der Waals surface area contributed by atoms with Gasteiger partial charge in [-0.1, -0.05) is 16.4 Å². The van der Waals surface area contributed by atoms with E-state index in [1.54, 1.807) is 6.08 Å². The lowest BCUT2D eigenvalue weighted by molar-refractivity contribution is -0.260. The molecule has 2 saturated heterocycles. The number of oxime groups is 2. The molecule has 0 aromatic rings. The van der Waals surface area contributed by atoms with Gasteiger partial charge in [0, 0.05) is 11.8 Å². The van der Waals surface area contributed by atoms with Gasteiger partial charge in [0.05, 0.1) is 82.1 Å². The number of nitrogens with zero attached hydrogens (tertiary/aromatic N) is 2. The smallest absolute Gasteiger partial charge is 0.347 e. The zero-order valence-electron chi connectivity index (χ0n) is 35.7. The minimum Gasteiger partial charge on any atom is -0.465 e. The van der Waals surface area contributed by atoms with Crippen molar-refractivity contribution in [2.45, 2.75) is 117 Å². The summed E-state index contributed by atoms with van der Waals surface area (Å²) in [5.74, 6) is -6.85. The molecular weight excluding hydrogens is 900 g/mol. The highest BCUT2D eigenvalue weighted by Gasteiger charge is 2.52. The van der Waals surface area contributed by atoms with Gasteiger partial charge in [0.25, 0.3) is 0 Å². The molecule has 18 atom stereocenters. The molecule has 0 bridgehead atoms. The number of hydrogen-bond donors (Lipinski definition) is 16. The molecule has 2 fully saturated rings. The van der Waals surface area contributed by atoms with Crippen LogP contribution in [0.25, 0.3) is 0 Å². The molecule has 0 aliphatic carbocycles. The monoisotopic (exact) mass is 964 g/mol. The summed E-state index contributed by atoms with van der Waals surface area (Å²) >= 11 is 0. The molecular formula is C38H64N2O26. The molecule has 16 N–H and O–H groups in total. The first kappa shape index (κ1) is 58.5. The Labute approximate surface area is 376 Å². The third-order valence-electron chi connectivity index (χ3n) is 10.7. The minimum absolute atomic E-state index is 0.112. The van der Waals surface area contributed by atoms with Crippen molar-refractivity contribution in [3.8, 4) is 0 Å². The standard InChI is InChI=1S/C38H64N2O26/c1-3-4-5-6-60-37(59)38(2,15-61-23(49)13-63-39-7-17(45)27(51)25(19(47)9-41)35-33(57)31(55)29(53)21(11-43)65-35)16-62-24(50)14-64-40-8-18(46)28(52)26(20(48)10-42)36-34(58)32(56)30(54)22(12-44)66-36/h3,7-8,17-22,25-36,41-48,51-58H,1,4-6,9-16H2,2H3/b39-7+,40-8+/t17?,18?,19?,20?,21-,22-,25?,26?,27?,28?,29-,30-,31+,32+,33-,34-,35+,36+,38?/m1/s1. The number of unbranched alkanes of at least 4 members (excludes halogenated alkanes) is 1. The van der Waals surface area contributed by atoms with Crippen molar-refractivity contribution in [2.24, 2.45) is 27.6 Å². The molecule has 8 unspecified atom stereocenters. The van der Waals surface area contributed by atoms with Crippen LogP contribution >= 0.6 is 0 Å². The number of allylic oxidation sites excluding steroid dienone is 1. The Balaban J connectivity index is 2.01. The second-order valence-electron chi connectivity index (χ2n) is 15.7. The first-order valence-corrected chi connectivity index (χ1v) is 20.5. The van der Waals surface area contributed by atoms with E-state index in [0.717, 1.165) is 0 Å². The molecule has 0 saturated carbocycles. The van der Waals surface area contributed by atoms with E-state index in [1.807, 2.05) is 0 Å². The molecule has 382 valence electrons. The quantitative estimate of drug-likeness (QED) is 0.00826. The van der Waals surface area contributed by atoms with Crippen molar-refractivity contribution >= 4 is 30.3 Å². The lowest BCUT2D eigenvalue weighted by Crippen LogP contribution is -2.64. The van der Waals surface area contributed by atoms with Crippen molar-refractivity contribution < 1.29 is 129 Å². The van der Waals surface area contributed by atoms with Crippen LogP contribution in [0.15, 0.2) is 23.0 Å². The Bertz CT molecular complexity index is 1430. The number of rotatable bonds is 29. The SMILES string of the molecule is C=CCCCOC(=O)C(C)(COC(=O)CO/N=C/C(O)C(O)C(C(O)CO)[C@@H]1O[C@H](CO)[C@@H](O)[C@H](O)[C@H]1O)COC(=O)CO/N=C/C(O)C(O)C(C(O)CO)[C@@H]1O[C@H](CO)[C@@H](O)[C@H](O)[C@H]1O. The maximum absolute atomic E-state index is 13.1. The van der Waals surface area contributed by atoms with Crippen molar-refractivity contribution in [2.75, 3.05) is 59.5 Å². The number of esters is 3. The summed E-state index contributed by atoms with van der Waals surface area (Å²) in [5.41, 5.74) is -1.87.